The number of carboxylic acids is 1. The molecule has 0 heterocycles. The van der Waals surface area contributed by atoms with E-state index in [0.29, 0.717) is 6.42 Å². The monoisotopic (exact) mass is 311 g/mol. The van der Waals surface area contributed by atoms with Gasteiger partial charge in [0.05, 0.1) is 6.61 Å². The molecule has 0 aliphatic rings. The minimum atomic E-state index is -1.03. The highest BCUT2D eigenvalue weighted by molar-refractivity contribution is 5.79. The zero-order valence-electron chi connectivity index (χ0n) is 13.6. The van der Waals surface area contributed by atoms with Crippen molar-refractivity contribution >= 4 is 12.1 Å². The van der Waals surface area contributed by atoms with Crippen LogP contribution in [0.2, 0.25) is 0 Å². The number of carboxylic acid groups (broad SMARTS) is 1. The molecule has 2 atom stereocenters. The Morgan fingerprint density at radius 1 is 1.14 bits per heavy atom. The predicted molar refractivity (Wildman–Crippen MR) is 87.8 cm³/mol. The molecule has 0 aliphatic heterocycles. The Bertz CT molecular complexity index is 355. The van der Waals surface area contributed by atoms with Crippen molar-refractivity contribution in [1.82, 2.24) is 5.32 Å². The summed E-state index contributed by atoms with van der Waals surface area (Å²) in [5.41, 5.74) is 0. The number of allylic oxidation sites excluding steroid dienone is 2. The van der Waals surface area contributed by atoms with Crippen molar-refractivity contribution in [1.29, 1.82) is 0 Å². The van der Waals surface area contributed by atoms with Crippen molar-refractivity contribution < 1.29 is 19.4 Å². The number of carbonyl (C=O) groups is 2. The number of unbranched alkanes of at least 4 members (excludes halogenated alkanes) is 3. The molecule has 0 aliphatic carbocycles. The number of ether oxygens (including phenoxy) is 1. The molecule has 0 bridgehead atoms. The van der Waals surface area contributed by atoms with Crippen LogP contribution in [0.5, 0.6) is 0 Å². The molecule has 22 heavy (non-hydrogen) atoms. The van der Waals surface area contributed by atoms with E-state index in [1.807, 2.05) is 19.1 Å². The van der Waals surface area contributed by atoms with E-state index >= 15 is 0 Å². The SMILES string of the molecule is C=CCCCCC[C@H](NC(=O)OC[C@H](C)CCC=C)C(=O)O. The molecule has 1 amide bonds. The lowest BCUT2D eigenvalue weighted by molar-refractivity contribution is -0.139. The summed E-state index contributed by atoms with van der Waals surface area (Å²) in [5.74, 6) is -0.800. The van der Waals surface area contributed by atoms with Crippen LogP contribution in [0, 0.1) is 5.92 Å². The zero-order valence-corrected chi connectivity index (χ0v) is 13.6. The van der Waals surface area contributed by atoms with Crippen molar-refractivity contribution in [3.63, 3.8) is 0 Å². The van der Waals surface area contributed by atoms with Crippen LogP contribution in [0.15, 0.2) is 25.3 Å². The summed E-state index contributed by atoms with van der Waals surface area (Å²) in [7, 11) is 0. The maximum atomic E-state index is 11.6. The lowest BCUT2D eigenvalue weighted by Crippen LogP contribution is -2.41. The topological polar surface area (TPSA) is 75.6 Å². The lowest BCUT2D eigenvalue weighted by atomic mass is 10.1. The van der Waals surface area contributed by atoms with Crippen LogP contribution in [-0.4, -0.2) is 29.8 Å². The van der Waals surface area contributed by atoms with Crippen LogP contribution < -0.4 is 5.32 Å². The van der Waals surface area contributed by atoms with Gasteiger partial charge in [0.15, 0.2) is 0 Å². The molecule has 0 radical (unpaired) electrons. The van der Waals surface area contributed by atoms with Crippen LogP contribution in [0.1, 0.15) is 51.9 Å². The van der Waals surface area contributed by atoms with Crippen LogP contribution in [0.3, 0.4) is 0 Å². The number of hydrogen-bond donors (Lipinski definition) is 2. The molecular formula is C17H29NO4. The molecule has 0 unspecified atom stereocenters. The second-order valence-electron chi connectivity index (χ2n) is 5.53. The molecule has 5 heteroatoms. The van der Waals surface area contributed by atoms with E-state index in [1.54, 1.807) is 0 Å². The summed E-state index contributed by atoms with van der Waals surface area (Å²) in [6, 6.07) is -0.889. The van der Waals surface area contributed by atoms with Gasteiger partial charge in [-0.1, -0.05) is 31.9 Å². The molecule has 0 spiro atoms. The fraction of sp³-hybridized carbons (Fsp3) is 0.647. The van der Waals surface area contributed by atoms with Gasteiger partial charge in [0, 0.05) is 0 Å². The molecule has 0 aromatic heterocycles. The summed E-state index contributed by atoms with van der Waals surface area (Å²) in [5, 5.41) is 11.5. The van der Waals surface area contributed by atoms with Gasteiger partial charge in [0.25, 0.3) is 0 Å². The first-order chi connectivity index (χ1) is 10.5. The quantitative estimate of drug-likeness (QED) is 0.399. The average molecular weight is 311 g/mol. The van der Waals surface area contributed by atoms with Crippen molar-refractivity contribution in [3.8, 4) is 0 Å². The first kappa shape index (κ1) is 20.2. The van der Waals surface area contributed by atoms with E-state index in [-0.39, 0.29) is 12.5 Å². The van der Waals surface area contributed by atoms with Crippen molar-refractivity contribution in [2.75, 3.05) is 6.61 Å². The third-order valence-electron chi connectivity index (χ3n) is 3.35. The van der Waals surface area contributed by atoms with Gasteiger partial charge >= 0.3 is 12.1 Å². The molecular weight excluding hydrogens is 282 g/mol. The van der Waals surface area contributed by atoms with E-state index in [9.17, 15) is 9.59 Å². The first-order valence-electron chi connectivity index (χ1n) is 7.89. The van der Waals surface area contributed by atoms with Crippen molar-refractivity contribution in [3.05, 3.63) is 25.3 Å². The van der Waals surface area contributed by atoms with Gasteiger partial charge in [-0.25, -0.2) is 9.59 Å². The van der Waals surface area contributed by atoms with E-state index in [2.05, 4.69) is 18.5 Å². The Kier molecular flexibility index (Phi) is 11.9. The van der Waals surface area contributed by atoms with Gasteiger partial charge < -0.3 is 15.2 Å². The largest absolute Gasteiger partial charge is 0.480 e. The maximum Gasteiger partial charge on any atom is 0.407 e. The van der Waals surface area contributed by atoms with Crippen LogP contribution in [-0.2, 0) is 9.53 Å². The van der Waals surface area contributed by atoms with Crippen LogP contribution >= 0.6 is 0 Å². The number of nitrogens with one attached hydrogen (secondary N) is 1. The second-order valence-corrected chi connectivity index (χ2v) is 5.53. The minimum Gasteiger partial charge on any atom is -0.480 e. The number of carbonyl (C=O) groups excluding carboxylic acids is 1. The average Bonchev–Trinajstić information content (AvgIpc) is 2.49. The maximum absolute atomic E-state index is 11.6. The van der Waals surface area contributed by atoms with Gasteiger partial charge in [0.2, 0.25) is 0 Å². The highest BCUT2D eigenvalue weighted by atomic mass is 16.5. The van der Waals surface area contributed by atoms with Crippen molar-refractivity contribution in [2.45, 2.75) is 57.9 Å². The van der Waals surface area contributed by atoms with E-state index in [0.717, 1.165) is 38.5 Å². The summed E-state index contributed by atoms with van der Waals surface area (Å²) < 4.78 is 5.07. The number of amides is 1. The van der Waals surface area contributed by atoms with Gasteiger partial charge in [-0.05, 0) is 38.0 Å². The Balaban J connectivity index is 3.99. The molecule has 0 fully saturated rings. The van der Waals surface area contributed by atoms with Crippen molar-refractivity contribution in [2.24, 2.45) is 5.92 Å². The van der Waals surface area contributed by atoms with Crippen LogP contribution in [0.25, 0.3) is 0 Å². The van der Waals surface area contributed by atoms with Gasteiger partial charge in [-0.15, -0.1) is 13.2 Å². The fourth-order valence-electron chi connectivity index (χ4n) is 1.96. The molecule has 5 nitrogen and oxygen atoms in total. The summed E-state index contributed by atoms with van der Waals surface area (Å²) in [6.07, 6.45) is 8.76. The zero-order chi connectivity index (χ0) is 16.8. The lowest BCUT2D eigenvalue weighted by Gasteiger charge is -2.16. The smallest absolute Gasteiger partial charge is 0.407 e. The molecule has 2 N–H and O–H groups in total. The minimum absolute atomic E-state index is 0.228. The summed E-state index contributed by atoms with van der Waals surface area (Å²) >= 11 is 0. The standard InChI is InChI=1S/C17H29NO4/c1-4-6-8-9-10-12-15(16(19)20)18-17(21)22-13-14(3)11-7-5-2/h4-5,14-15H,1-2,6-13H2,3H3,(H,18,21)(H,19,20)/t14-,15+/m1/s1. The Hall–Kier alpha value is -1.78. The third kappa shape index (κ3) is 10.9. The third-order valence-corrected chi connectivity index (χ3v) is 3.35. The summed E-state index contributed by atoms with van der Waals surface area (Å²) in [6.45, 7) is 9.54. The van der Waals surface area contributed by atoms with E-state index in [1.165, 1.54) is 0 Å². The predicted octanol–water partition coefficient (Wildman–Crippen LogP) is 3.90. The Morgan fingerprint density at radius 2 is 1.82 bits per heavy atom. The van der Waals surface area contributed by atoms with Gasteiger partial charge in [-0.2, -0.15) is 0 Å². The fourth-order valence-corrected chi connectivity index (χ4v) is 1.96. The first-order valence-corrected chi connectivity index (χ1v) is 7.89. The second kappa shape index (κ2) is 12.9. The molecule has 0 rings (SSSR count). The molecule has 0 aromatic rings. The van der Waals surface area contributed by atoms with E-state index < -0.39 is 18.1 Å². The summed E-state index contributed by atoms with van der Waals surface area (Å²) in [4.78, 5) is 22.8. The normalized spacial score (nSPS) is 13.0. The highest BCUT2D eigenvalue weighted by Crippen LogP contribution is 2.08. The highest BCUT2D eigenvalue weighted by Gasteiger charge is 2.20. The van der Waals surface area contributed by atoms with Crippen LogP contribution in [0.4, 0.5) is 4.79 Å². The Labute approximate surface area is 133 Å². The number of rotatable bonds is 13. The molecule has 126 valence electrons. The van der Waals surface area contributed by atoms with Gasteiger partial charge in [0.1, 0.15) is 6.04 Å². The Morgan fingerprint density at radius 3 is 2.41 bits per heavy atom. The number of alkyl carbamates (subject to hydrolysis) is 1. The number of aliphatic carboxylic acids is 1. The molecule has 0 saturated heterocycles. The molecule has 0 aromatic carbocycles. The van der Waals surface area contributed by atoms with Gasteiger partial charge in [-0.3, -0.25) is 0 Å². The molecule has 0 saturated carbocycles. The van der Waals surface area contributed by atoms with E-state index in [4.69, 9.17) is 9.84 Å². The number of hydrogen-bond acceptors (Lipinski definition) is 3.